The van der Waals surface area contributed by atoms with Crippen LogP contribution < -0.4 is 5.32 Å². The molecular weight excluding hydrogens is 326 g/mol. The molecule has 0 radical (unpaired) electrons. The standard InChI is InChI=1S/C14H18BrNO4/c1-13(2,12(18)19)14(3,4)16-11(17)8-6-9-5-7-10(15)20-9/h5-8H,1-4H3,(H,16,17)(H,18,19). The van der Waals surface area contributed by atoms with Crippen molar-refractivity contribution in [2.24, 2.45) is 5.41 Å². The van der Waals surface area contributed by atoms with Gasteiger partial charge in [-0.2, -0.15) is 0 Å². The summed E-state index contributed by atoms with van der Waals surface area (Å²) in [6, 6.07) is 3.43. The fourth-order valence-corrected chi connectivity index (χ4v) is 1.67. The van der Waals surface area contributed by atoms with Gasteiger partial charge in [0.2, 0.25) is 5.91 Å². The van der Waals surface area contributed by atoms with Gasteiger partial charge in [-0.05, 0) is 61.8 Å². The Morgan fingerprint density at radius 1 is 1.30 bits per heavy atom. The minimum atomic E-state index is -1.09. The molecular formula is C14H18BrNO4. The van der Waals surface area contributed by atoms with E-state index in [-0.39, 0.29) is 5.91 Å². The van der Waals surface area contributed by atoms with Crippen LogP contribution in [0, 0.1) is 5.41 Å². The predicted octanol–water partition coefficient (Wildman–Crippen LogP) is 3.06. The molecule has 1 rings (SSSR count). The summed E-state index contributed by atoms with van der Waals surface area (Å²) >= 11 is 3.16. The number of amides is 1. The third-order valence-electron chi connectivity index (χ3n) is 3.53. The molecule has 0 unspecified atom stereocenters. The normalized spacial score (nSPS) is 12.7. The Morgan fingerprint density at radius 3 is 2.35 bits per heavy atom. The Balaban J connectivity index is 2.75. The van der Waals surface area contributed by atoms with Crippen molar-refractivity contribution in [3.63, 3.8) is 0 Å². The summed E-state index contributed by atoms with van der Waals surface area (Å²) in [5.41, 5.74) is -1.99. The summed E-state index contributed by atoms with van der Waals surface area (Å²) in [6.07, 6.45) is 2.83. The maximum atomic E-state index is 11.9. The number of carbonyl (C=O) groups excluding carboxylic acids is 1. The first-order valence-corrected chi connectivity index (χ1v) is 6.84. The quantitative estimate of drug-likeness (QED) is 0.805. The Bertz CT molecular complexity index is 543. The van der Waals surface area contributed by atoms with E-state index >= 15 is 0 Å². The van der Waals surface area contributed by atoms with Crippen LogP contribution in [0.25, 0.3) is 6.08 Å². The number of nitrogens with one attached hydrogen (secondary N) is 1. The van der Waals surface area contributed by atoms with Gasteiger partial charge in [-0.15, -0.1) is 0 Å². The maximum absolute atomic E-state index is 11.9. The van der Waals surface area contributed by atoms with E-state index in [0.717, 1.165) is 0 Å². The van der Waals surface area contributed by atoms with Gasteiger partial charge in [-0.25, -0.2) is 0 Å². The van der Waals surface area contributed by atoms with Crippen LogP contribution in [0.15, 0.2) is 27.3 Å². The van der Waals surface area contributed by atoms with E-state index < -0.39 is 16.9 Å². The lowest BCUT2D eigenvalue weighted by atomic mass is 9.74. The lowest BCUT2D eigenvalue weighted by molar-refractivity contribution is -0.151. The predicted molar refractivity (Wildman–Crippen MR) is 79.1 cm³/mol. The van der Waals surface area contributed by atoms with E-state index in [4.69, 9.17) is 4.42 Å². The van der Waals surface area contributed by atoms with Crippen LogP contribution >= 0.6 is 15.9 Å². The minimum Gasteiger partial charge on any atom is -0.481 e. The zero-order valence-electron chi connectivity index (χ0n) is 11.9. The Hall–Kier alpha value is -1.56. The lowest BCUT2D eigenvalue weighted by Gasteiger charge is -2.38. The van der Waals surface area contributed by atoms with Gasteiger partial charge in [-0.3, -0.25) is 9.59 Å². The molecule has 0 aliphatic rings. The number of carbonyl (C=O) groups is 2. The van der Waals surface area contributed by atoms with Crippen LogP contribution in [0.4, 0.5) is 0 Å². The van der Waals surface area contributed by atoms with Crippen molar-refractivity contribution in [1.29, 1.82) is 0 Å². The first kappa shape index (κ1) is 16.5. The SMILES string of the molecule is CC(C)(NC(=O)C=Cc1ccc(Br)o1)C(C)(C)C(=O)O. The third-order valence-corrected chi connectivity index (χ3v) is 3.95. The van der Waals surface area contributed by atoms with Crippen LogP contribution in [0.2, 0.25) is 0 Å². The molecule has 0 aromatic carbocycles. The van der Waals surface area contributed by atoms with Crippen LogP contribution in [-0.2, 0) is 9.59 Å². The number of furan rings is 1. The number of carboxylic acids is 1. The van der Waals surface area contributed by atoms with Crippen molar-refractivity contribution in [3.8, 4) is 0 Å². The van der Waals surface area contributed by atoms with Gasteiger partial charge < -0.3 is 14.8 Å². The molecule has 0 bridgehead atoms. The van der Waals surface area contributed by atoms with Crippen molar-refractivity contribution in [1.82, 2.24) is 5.32 Å². The number of hydrogen-bond acceptors (Lipinski definition) is 3. The van der Waals surface area contributed by atoms with E-state index in [9.17, 15) is 14.7 Å². The van der Waals surface area contributed by atoms with Gasteiger partial charge in [0.1, 0.15) is 5.76 Å². The second-order valence-electron chi connectivity index (χ2n) is 5.52. The molecule has 0 aliphatic heterocycles. The monoisotopic (exact) mass is 343 g/mol. The van der Waals surface area contributed by atoms with Crippen LogP contribution in [0.3, 0.4) is 0 Å². The van der Waals surface area contributed by atoms with Gasteiger partial charge in [0.05, 0.1) is 11.0 Å². The average molecular weight is 344 g/mol. The topological polar surface area (TPSA) is 79.5 Å². The van der Waals surface area contributed by atoms with E-state index in [1.165, 1.54) is 12.2 Å². The minimum absolute atomic E-state index is 0.378. The van der Waals surface area contributed by atoms with Gasteiger partial charge in [0, 0.05) is 6.08 Å². The zero-order chi connectivity index (χ0) is 15.6. The van der Waals surface area contributed by atoms with Crippen LogP contribution in [-0.4, -0.2) is 22.5 Å². The molecule has 0 saturated carbocycles. The summed E-state index contributed by atoms with van der Waals surface area (Å²) in [6.45, 7) is 6.50. The number of halogens is 1. The highest BCUT2D eigenvalue weighted by atomic mass is 79.9. The molecule has 5 nitrogen and oxygen atoms in total. The molecule has 0 aliphatic carbocycles. The van der Waals surface area contributed by atoms with Crippen LogP contribution in [0.5, 0.6) is 0 Å². The number of aliphatic carboxylic acids is 1. The molecule has 1 amide bonds. The number of rotatable bonds is 5. The summed E-state index contributed by atoms with van der Waals surface area (Å²) in [7, 11) is 0. The molecule has 0 fully saturated rings. The van der Waals surface area contributed by atoms with Crippen molar-refractivity contribution in [2.75, 3.05) is 0 Å². The molecule has 2 N–H and O–H groups in total. The molecule has 1 heterocycles. The van der Waals surface area contributed by atoms with E-state index in [0.29, 0.717) is 10.4 Å². The number of hydrogen-bond donors (Lipinski definition) is 2. The molecule has 6 heteroatoms. The molecule has 110 valence electrons. The molecule has 0 spiro atoms. The molecule has 20 heavy (non-hydrogen) atoms. The van der Waals surface area contributed by atoms with E-state index in [1.807, 2.05) is 0 Å². The van der Waals surface area contributed by atoms with Gasteiger partial charge in [0.15, 0.2) is 4.67 Å². The smallest absolute Gasteiger partial charge is 0.311 e. The van der Waals surface area contributed by atoms with Crippen LogP contribution in [0.1, 0.15) is 33.5 Å². The van der Waals surface area contributed by atoms with Crippen molar-refractivity contribution < 1.29 is 19.1 Å². The highest BCUT2D eigenvalue weighted by Gasteiger charge is 2.44. The van der Waals surface area contributed by atoms with Gasteiger partial charge in [0.25, 0.3) is 0 Å². The zero-order valence-corrected chi connectivity index (χ0v) is 13.4. The van der Waals surface area contributed by atoms with E-state index in [1.54, 1.807) is 39.8 Å². The average Bonchev–Trinajstić information content (AvgIpc) is 2.71. The van der Waals surface area contributed by atoms with E-state index in [2.05, 4.69) is 21.2 Å². The Morgan fingerprint density at radius 2 is 1.90 bits per heavy atom. The summed E-state index contributed by atoms with van der Waals surface area (Å²) in [5, 5.41) is 11.9. The summed E-state index contributed by atoms with van der Waals surface area (Å²) in [5.74, 6) is -0.819. The number of carboxylic acid groups (broad SMARTS) is 1. The van der Waals surface area contributed by atoms with Crippen molar-refractivity contribution in [3.05, 3.63) is 28.6 Å². The fourth-order valence-electron chi connectivity index (χ4n) is 1.35. The second-order valence-corrected chi connectivity index (χ2v) is 6.30. The molecule has 1 aromatic rings. The maximum Gasteiger partial charge on any atom is 0.311 e. The molecule has 1 aromatic heterocycles. The first-order valence-electron chi connectivity index (χ1n) is 6.05. The molecule has 0 saturated heterocycles. The first-order chi connectivity index (χ1) is 9.06. The fraction of sp³-hybridized carbons (Fsp3) is 0.429. The van der Waals surface area contributed by atoms with Crippen molar-refractivity contribution in [2.45, 2.75) is 33.2 Å². The second kappa shape index (κ2) is 5.83. The lowest BCUT2D eigenvalue weighted by Crippen LogP contribution is -2.56. The highest BCUT2D eigenvalue weighted by molar-refractivity contribution is 9.10. The summed E-state index contributed by atoms with van der Waals surface area (Å²) < 4.78 is 5.80. The summed E-state index contributed by atoms with van der Waals surface area (Å²) in [4.78, 5) is 23.1. The molecule has 0 atom stereocenters. The van der Waals surface area contributed by atoms with Gasteiger partial charge >= 0.3 is 5.97 Å². The van der Waals surface area contributed by atoms with Crippen molar-refractivity contribution >= 4 is 33.9 Å². The Kier molecular flexibility index (Phi) is 4.81. The Labute approximate surface area is 126 Å². The van der Waals surface area contributed by atoms with Gasteiger partial charge in [-0.1, -0.05) is 0 Å². The largest absolute Gasteiger partial charge is 0.481 e. The third kappa shape index (κ3) is 3.72. The highest BCUT2D eigenvalue weighted by Crippen LogP contribution is 2.30.